The number of carboxylic acid groups (broad SMARTS) is 1. The summed E-state index contributed by atoms with van der Waals surface area (Å²) < 4.78 is 0. The Hall–Kier alpha value is -2.23. The Labute approximate surface area is 118 Å². The number of hydrogen-bond acceptors (Lipinski definition) is 3. The Bertz CT molecular complexity index is 613. The standard InChI is InChI=1S/C16H18N2O2/c1-16(2,3)13-6-4-11(5-7-13)15-12(8-14(19)20)9-17-10-18-15/h4-7,9-10H,8H2,1-3H3,(H,19,20). The minimum Gasteiger partial charge on any atom is -0.481 e. The van der Waals surface area contributed by atoms with E-state index in [9.17, 15) is 4.79 Å². The summed E-state index contributed by atoms with van der Waals surface area (Å²) in [5.74, 6) is -0.882. The quantitative estimate of drug-likeness (QED) is 0.931. The maximum atomic E-state index is 10.9. The van der Waals surface area contributed by atoms with Gasteiger partial charge in [-0.25, -0.2) is 9.97 Å². The van der Waals surface area contributed by atoms with Crippen LogP contribution in [0.2, 0.25) is 0 Å². The van der Waals surface area contributed by atoms with Crippen molar-refractivity contribution in [1.82, 2.24) is 9.97 Å². The SMILES string of the molecule is CC(C)(C)c1ccc(-c2ncncc2CC(=O)O)cc1. The first-order valence-electron chi connectivity index (χ1n) is 6.49. The third kappa shape index (κ3) is 3.20. The van der Waals surface area contributed by atoms with Crippen molar-refractivity contribution in [2.24, 2.45) is 0 Å². The Kier molecular flexibility index (Phi) is 3.84. The van der Waals surface area contributed by atoms with E-state index in [1.54, 1.807) is 6.20 Å². The number of rotatable bonds is 3. The summed E-state index contributed by atoms with van der Waals surface area (Å²) in [7, 11) is 0. The molecule has 104 valence electrons. The summed E-state index contributed by atoms with van der Waals surface area (Å²) in [4.78, 5) is 19.0. The first kappa shape index (κ1) is 14.2. The predicted molar refractivity (Wildman–Crippen MR) is 77.5 cm³/mol. The van der Waals surface area contributed by atoms with Gasteiger partial charge in [0, 0.05) is 17.3 Å². The summed E-state index contributed by atoms with van der Waals surface area (Å²) >= 11 is 0. The third-order valence-electron chi connectivity index (χ3n) is 3.15. The van der Waals surface area contributed by atoms with Gasteiger partial charge in [0.2, 0.25) is 0 Å². The summed E-state index contributed by atoms with van der Waals surface area (Å²) in [5, 5.41) is 8.93. The van der Waals surface area contributed by atoms with Crippen molar-refractivity contribution in [2.45, 2.75) is 32.6 Å². The van der Waals surface area contributed by atoms with E-state index in [4.69, 9.17) is 5.11 Å². The largest absolute Gasteiger partial charge is 0.481 e. The van der Waals surface area contributed by atoms with Gasteiger partial charge in [-0.1, -0.05) is 45.0 Å². The minimum absolute atomic E-state index is 0.0722. The fourth-order valence-electron chi connectivity index (χ4n) is 2.04. The molecule has 20 heavy (non-hydrogen) atoms. The van der Waals surface area contributed by atoms with Crippen LogP contribution in [-0.2, 0) is 16.6 Å². The molecule has 2 rings (SSSR count). The lowest BCUT2D eigenvalue weighted by atomic mass is 9.86. The van der Waals surface area contributed by atoms with E-state index in [0.717, 1.165) is 5.56 Å². The van der Waals surface area contributed by atoms with Gasteiger partial charge in [0.05, 0.1) is 12.1 Å². The van der Waals surface area contributed by atoms with E-state index >= 15 is 0 Å². The fraction of sp³-hybridized carbons (Fsp3) is 0.312. The van der Waals surface area contributed by atoms with Gasteiger partial charge in [-0.2, -0.15) is 0 Å². The highest BCUT2D eigenvalue weighted by molar-refractivity contribution is 5.74. The molecule has 0 aliphatic heterocycles. The molecule has 0 fully saturated rings. The number of aromatic nitrogens is 2. The van der Waals surface area contributed by atoms with Crippen LogP contribution in [0.1, 0.15) is 31.9 Å². The molecule has 0 radical (unpaired) electrons. The lowest BCUT2D eigenvalue weighted by Crippen LogP contribution is -2.10. The second kappa shape index (κ2) is 5.41. The average molecular weight is 270 g/mol. The van der Waals surface area contributed by atoms with E-state index in [2.05, 4.69) is 42.9 Å². The molecule has 0 atom stereocenters. The zero-order chi connectivity index (χ0) is 14.8. The maximum absolute atomic E-state index is 10.9. The van der Waals surface area contributed by atoms with Crippen LogP contribution in [0.3, 0.4) is 0 Å². The van der Waals surface area contributed by atoms with Crippen molar-refractivity contribution < 1.29 is 9.90 Å². The molecule has 0 bridgehead atoms. The Morgan fingerprint density at radius 1 is 1.20 bits per heavy atom. The molecule has 0 saturated heterocycles. The van der Waals surface area contributed by atoms with Gasteiger partial charge in [0.25, 0.3) is 0 Å². The van der Waals surface area contributed by atoms with Crippen LogP contribution in [0, 0.1) is 0 Å². The molecule has 0 amide bonds. The first-order chi connectivity index (χ1) is 9.38. The van der Waals surface area contributed by atoms with Crippen molar-refractivity contribution in [3.63, 3.8) is 0 Å². The highest BCUT2D eigenvalue weighted by atomic mass is 16.4. The van der Waals surface area contributed by atoms with Crippen molar-refractivity contribution in [3.8, 4) is 11.3 Å². The van der Waals surface area contributed by atoms with Crippen molar-refractivity contribution in [1.29, 1.82) is 0 Å². The van der Waals surface area contributed by atoms with E-state index in [1.807, 2.05) is 12.1 Å². The molecule has 1 aromatic heterocycles. The van der Waals surface area contributed by atoms with Crippen LogP contribution in [0.25, 0.3) is 11.3 Å². The van der Waals surface area contributed by atoms with Crippen LogP contribution >= 0.6 is 0 Å². The maximum Gasteiger partial charge on any atom is 0.307 e. The lowest BCUT2D eigenvalue weighted by molar-refractivity contribution is -0.136. The number of aliphatic carboxylic acids is 1. The van der Waals surface area contributed by atoms with E-state index in [-0.39, 0.29) is 11.8 Å². The van der Waals surface area contributed by atoms with Gasteiger partial charge in [0.1, 0.15) is 6.33 Å². The minimum atomic E-state index is -0.882. The van der Waals surface area contributed by atoms with Crippen molar-refractivity contribution in [3.05, 3.63) is 47.9 Å². The van der Waals surface area contributed by atoms with E-state index in [1.165, 1.54) is 11.9 Å². The summed E-state index contributed by atoms with van der Waals surface area (Å²) in [6.45, 7) is 6.47. The Morgan fingerprint density at radius 2 is 1.85 bits per heavy atom. The molecule has 0 saturated carbocycles. The Balaban J connectivity index is 2.39. The molecule has 1 aromatic carbocycles. The van der Waals surface area contributed by atoms with Gasteiger partial charge < -0.3 is 5.11 Å². The molecule has 4 heteroatoms. The van der Waals surface area contributed by atoms with E-state index < -0.39 is 5.97 Å². The van der Waals surface area contributed by atoms with Crippen LogP contribution in [0.4, 0.5) is 0 Å². The topological polar surface area (TPSA) is 63.1 Å². The summed E-state index contributed by atoms with van der Waals surface area (Å²) in [6.07, 6.45) is 2.93. The number of benzene rings is 1. The number of carbonyl (C=O) groups is 1. The smallest absolute Gasteiger partial charge is 0.307 e. The molecule has 4 nitrogen and oxygen atoms in total. The van der Waals surface area contributed by atoms with Gasteiger partial charge in [-0.3, -0.25) is 4.79 Å². The molecule has 0 aliphatic carbocycles. The fourth-order valence-corrected chi connectivity index (χ4v) is 2.04. The third-order valence-corrected chi connectivity index (χ3v) is 3.15. The second-order valence-electron chi connectivity index (χ2n) is 5.79. The lowest BCUT2D eigenvalue weighted by Gasteiger charge is -2.19. The summed E-state index contributed by atoms with van der Waals surface area (Å²) in [5.41, 5.74) is 3.55. The first-order valence-corrected chi connectivity index (χ1v) is 6.49. The molecular formula is C16H18N2O2. The molecular weight excluding hydrogens is 252 g/mol. The molecule has 0 unspecified atom stereocenters. The van der Waals surface area contributed by atoms with Crippen LogP contribution in [-0.4, -0.2) is 21.0 Å². The number of carboxylic acids is 1. The number of hydrogen-bond donors (Lipinski definition) is 1. The van der Waals surface area contributed by atoms with Crippen LogP contribution in [0.5, 0.6) is 0 Å². The van der Waals surface area contributed by atoms with Gasteiger partial charge in [-0.05, 0) is 11.0 Å². The van der Waals surface area contributed by atoms with Crippen molar-refractivity contribution in [2.75, 3.05) is 0 Å². The average Bonchev–Trinajstić information content (AvgIpc) is 2.38. The monoisotopic (exact) mass is 270 g/mol. The zero-order valence-corrected chi connectivity index (χ0v) is 11.9. The molecule has 1 N–H and O–H groups in total. The van der Waals surface area contributed by atoms with Crippen molar-refractivity contribution >= 4 is 5.97 Å². The second-order valence-corrected chi connectivity index (χ2v) is 5.79. The highest BCUT2D eigenvalue weighted by Gasteiger charge is 2.15. The van der Waals surface area contributed by atoms with E-state index in [0.29, 0.717) is 11.3 Å². The normalized spacial score (nSPS) is 11.3. The Morgan fingerprint density at radius 3 is 2.40 bits per heavy atom. The molecule has 0 spiro atoms. The zero-order valence-electron chi connectivity index (χ0n) is 11.9. The summed E-state index contributed by atoms with van der Waals surface area (Å²) in [6, 6.07) is 8.08. The molecule has 0 aliphatic rings. The molecule has 1 heterocycles. The predicted octanol–water partition coefficient (Wildman–Crippen LogP) is 3.07. The van der Waals surface area contributed by atoms with Crippen LogP contribution in [0.15, 0.2) is 36.8 Å². The van der Waals surface area contributed by atoms with Gasteiger partial charge >= 0.3 is 5.97 Å². The molecule has 2 aromatic rings. The van der Waals surface area contributed by atoms with Gasteiger partial charge in [-0.15, -0.1) is 0 Å². The number of nitrogens with zero attached hydrogens (tertiary/aromatic N) is 2. The van der Waals surface area contributed by atoms with Gasteiger partial charge in [0.15, 0.2) is 0 Å². The van der Waals surface area contributed by atoms with Crippen LogP contribution < -0.4 is 0 Å². The highest BCUT2D eigenvalue weighted by Crippen LogP contribution is 2.26.